The average molecular weight is 525 g/mol. The summed E-state index contributed by atoms with van der Waals surface area (Å²) in [4.78, 5) is 4.22. The van der Waals surface area contributed by atoms with Crippen LogP contribution in [0.3, 0.4) is 0 Å². The number of hydrogen-bond donors (Lipinski definition) is 0. The van der Waals surface area contributed by atoms with E-state index in [-0.39, 0.29) is 16.8 Å². The summed E-state index contributed by atoms with van der Waals surface area (Å²) in [5.41, 5.74) is 1.89. The number of thioether (sulfide) groups is 1. The standard InChI is InChI=1S/C28H26F2N2O4S/c1-33-20-10-8-18(9-11-20)16-34-26-15-22(36-32-26)17-37-27-24(29)13-19(14-25(27)30)23-7-4-12-31-28(23)35-21-5-2-3-6-21/h4,7-15,21H,2-3,5-6,16-17H2,1H3. The Balaban J connectivity index is 1.22. The normalized spacial score (nSPS) is 13.6. The molecule has 0 unspecified atom stereocenters. The van der Waals surface area contributed by atoms with E-state index in [1.54, 1.807) is 31.5 Å². The second-order valence-corrected chi connectivity index (χ2v) is 9.69. The highest BCUT2D eigenvalue weighted by Crippen LogP contribution is 2.36. The van der Waals surface area contributed by atoms with Crippen molar-refractivity contribution in [1.29, 1.82) is 0 Å². The first-order valence-corrected chi connectivity index (χ1v) is 13.0. The minimum Gasteiger partial charge on any atom is -0.497 e. The summed E-state index contributed by atoms with van der Waals surface area (Å²) in [6.45, 7) is 0.300. The molecule has 2 aromatic carbocycles. The van der Waals surface area contributed by atoms with Crippen LogP contribution in [0.15, 0.2) is 70.2 Å². The molecule has 1 saturated carbocycles. The quantitative estimate of drug-likeness (QED) is 0.203. The smallest absolute Gasteiger partial charge is 0.254 e. The Labute approximate surface area is 217 Å². The molecule has 0 aliphatic heterocycles. The first-order valence-electron chi connectivity index (χ1n) is 12.0. The summed E-state index contributed by atoms with van der Waals surface area (Å²) >= 11 is 0.993. The Morgan fingerprint density at radius 3 is 2.51 bits per heavy atom. The predicted molar refractivity (Wildman–Crippen MR) is 136 cm³/mol. The molecule has 0 amide bonds. The second kappa shape index (κ2) is 11.6. The van der Waals surface area contributed by atoms with Crippen LogP contribution in [0.1, 0.15) is 37.0 Å². The van der Waals surface area contributed by atoms with Crippen LogP contribution in [0.2, 0.25) is 0 Å². The van der Waals surface area contributed by atoms with Gasteiger partial charge in [-0.05, 0) is 78.4 Å². The van der Waals surface area contributed by atoms with Crippen LogP contribution >= 0.6 is 11.8 Å². The number of hydrogen-bond acceptors (Lipinski definition) is 7. The molecule has 0 saturated heterocycles. The molecule has 9 heteroatoms. The summed E-state index contributed by atoms with van der Waals surface area (Å²) in [7, 11) is 1.61. The van der Waals surface area contributed by atoms with Gasteiger partial charge in [0.1, 0.15) is 30.1 Å². The van der Waals surface area contributed by atoms with Gasteiger partial charge in [-0.1, -0.05) is 12.1 Å². The molecule has 0 spiro atoms. The van der Waals surface area contributed by atoms with Gasteiger partial charge in [-0.15, -0.1) is 11.8 Å². The number of ether oxygens (including phenoxy) is 3. The highest BCUT2D eigenvalue weighted by atomic mass is 32.2. The van der Waals surface area contributed by atoms with Gasteiger partial charge in [-0.3, -0.25) is 0 Å². The van der Waals surface area contributed by atoms with Gasteiger partial charge < -0.3 is 18.7 Å². The number of aromatic nitrogens is 2. The zero-order valence-corrected chi connectivity index (χ0v) is 21.1. The molecule has 1 aliphatic carbocycles. The fourth-order valence-corrected chi connectivity index (χ4v) is 4.99. The zero-order chi connectivity index (χ0) is 25.6. The lowest BCUT2D eigenvalue weighted by atomic mass is 10.1. The highest BCUT2D eigenvalue weighted by Gasteiger charge is 2.21. The SMILES string of the molecule is COc1ccc(COc2cc(CSc3c(F)cc(-c4cccnc4OC4CCCC4)cc3F)on2)cc1. The first-order chi connectivity index (χ1) is 18.1. The lowest BCUT2D eigenvalue weighted by Gasteiger charge is -2.16. The van der Waals surface area contributed by atoms with Crippen molar-refractivity contribution in [3.05, 3.63) is 83.8 Å². The molecule has 37 heavy (non-hydrogen) atoms. The van der Waals surface area contributed by atoms with Crippen LogP contribution in [-0.4, -0.2) is 23.4 Å². The Kier molecular flexibility index (Phi) is 7.89. The van der Waals surface area contributed by atoms with Crippen molar-refractivity contribution < 1.29 is 27.5 Å². The Hall–Kier alpha value is -3.59. The van der Waals surface area contributed by atoms with Crippen molar-refractivity contribution in [2.24, 2.45) is 0 Å². The molecule has 1 fully saturated rings. The van der Waals surface area contributed by atoms with Crippen molar-refractivity contribution in [3.63, 3.8) is 0 Å². The van der Waals surface area contributed by atoms with Gasteiger partial charge in [0.25, 0.3) is 5.88 Å². The maximum atomic E-state index is 15.0. The van der Waals surface area contributed by atoms with Gasteiger partial charge >= 0.3 is 0 Å². The lowest BCUT2D eigenvalue weighted by molar-refractivity contribution is 0.202. The van der Waals surface area contributed by atoms with Gasteiger partial charge in [0.2, 0.25) is 5.88 Å². The summed E-state index contributed by atoms with van der Waals surface area (Å²) in [5.74, 6) is 0.769. The molecule has 0 N–H and O–H groups in total. The van der Waals surface area contributed by atoms with Crippen LogP contribution in [0.4, 0.5) is 8.78 Å². The van der Waals surface area contributed by atoms with Gasteiger partial charge in [-0.2, -0.15) is 0 Å². The minimum atomic E-state index is -0.661. The molecule has 1 aliphatic rings. The van der Waals surface area contributed by atoms with E-state index >= 15 is 8.78 Å². The van der Waals surface area contributed by atoms with Crippen LogP contribution < -0.4 is 14.2 Å². The third-order valence-corrected chi connectivity index (χ3v) is 7.21. The van der Waals surface area contributed by atoms with Gasteiger partial charge in [0.15, 0.2) is 5.76 Å². The molecule has 0 bridgehead atoms. The predicted octanol–water partition coefficient (Wildman–Crippen LogP) is 7.22. The van der Waals surface area contributed by atoms with E-state index in [4.69, 9.17) is 18.7 Å². The Morgan fingerprint density at radius 1 is 1.03 bits per heavy atom. The molecule has 0 radical (unpaired) electrons. The van der Waals surface area contributed by atoms with E-state index < -0.39 is 11.6 Å². The van der Waals surface area contributed by atoms with E-state index in [2.05, 4.69) is 10.1 Å². The summed E-state index contributed by atoms with van der Waals surface area (Å²) in [6, 6.07) is 15.2. The highest BCUT2D eigenvalue weighted by molar-refractivity contribution is 7.98. The third-order valence-electron chi connectivity index (χ3n) is 6.10. The number of pyridine rings is 1. The molecule has 4 aromatic rings. The first kappa shape index (κ1) is 25.1. The number of rotatable bonds is 10. The maximum absolute atomic E-state index is 15.0. The van der Waals surface area contributed by atoms with Gasteiger partial charge in [-0.25, -0.2) is 13.8 Å². The van der Waals surface area contributed by atoms with Crippen molar-refractivity contribution >= 4 is 11.8 Å². The zero-order valence-electron chi connectivity index (χ0n) is 20.3. The van der Waals surface area contributed by atoms with Crippen LogP contribution in [0.25, 0.3) is 11.1 Å². The number of nitrogens with zero attached hydrogens (tertiary/aromatic N) is 2. The topological polar surface area (TPSA) is 66.6 Å². The fraction of sp³-hybridized carbons (Fsp3) is 0.286. The minimum absolute atomic E-state index is 0.0881. The molecule has 2 heterocycles. The summed E-state index contributed by atoms with van der Waals surface area (Å²) in [5, 5.41) is 3.88. The third kappa shape index (κ3) is 6.22. The fourth-order valence-electron chi connectivity index (χ4n) is 4.17. The van der Waals surface area contributed by atoms with E-state index in [0.717, 1.165) is 48.8 Å². The van der Waals surface area contributed by atoms with Crippen molar-refractivity contribution in [2.75, 3.05) is 7.11 Å². The van der Waals surface area contributed by atoms with Crippen molar-refractivity contribution in [2.45, 2.75) is 49.0 Å². The van der Waals surface area contributed by atoms with Gasteiger partial charge in [0.05, 0.1) is 17.8 Å². The van der Waals surface area contributed by atoms with Crippen molar-refractivity contribution in [3.8, 4) is 28.6 Å². The largest absolute Gasteiger partial charge is 0.497 e. The Bertz CT molecular complexity index is 1320. The summed E-state index contributed by atoms with van der Waals surface area (Å²) < 4.78 is 52.1. The van der Waals surface area contributed by atoms with E-state index in [0.29, 0.717) is 35.3 Å². The van der Waals surface area contributed by atoms with Crippen LogP contribution in [0, 0.1) is 11.6 Å². The number of halogens is 2. The molecule has 0 atom stereocenters. The lowest BCUT2D eigenvalue weighted by Crippen LogP contribution is -2.12. The summed E-state index contributed by atoms with van der Waals surface area (Å²) in [6.07, 6.45) is 5.86. The Morgan fingerprint density at radius 2 is 1.78 bits per heavy atom. The maximum Gasteiger partial charge on any atom is 0.254 e. The van der Waals surface area contributed by atoms with E-state index in [1.807, 2.05) is 24.3 Å². The van der Waals surface area contributed by atoms with Crippen LogP contribution in [-0.2, 0) is 12.4 Å². The van der Waals surface area contributed by atoms with E-state index in [9.17, 15) is 0 Å². The van der Waals surface area contributed by atoms with Crippen LogP contribution in [0.5, 0.6) is 17.5 Å². The van der Waals surface area contributed by atoms with Crippen molar-refractivity contribution in [1.82, 2.24) is 10.1 Å². The van der Waals surface area contributed by atoms with E-state index in [1.165, 1.54) is 12.1 Å². The molecule has 6 nitrogen and oxygen atoms in total. The molecular formula is C28H26F2N2O4S. The second-order valence-electron chi connectivity index (χ2n) is 8.71. The number of methoxy groups -OCH3 is 1. The average Bonchev–Trinajstić information content (AvgIpc) is 3.60. The molecule has 2 aromatic heterocycles. The molecule has 5 rings (SSSR count). The monoisotopic (exact) mass is 524 g/mol. The molecule has 192 valence electrons. The molecular weight excluding hydrogens is 498 g/mol. The van der Waals surface area contributed by atoms with Gasteiger partial charge in [0, 0.05) is 17.8 Å². The number of benzene rings is 2.